The molecule has 3 heterocycles. The van der Waals surface area contributed by atoms with Crippen molar-refractivity contribution in [3.05, 3.63) is 51.7 Å². The number of aryl methyl sites for hydroxylation is 1. The molecule has 9 heteroatoms. The smallest absolute Gasteiger partial charge is 0.275 e. The van der Waals surface area contributed by atoms with Crippen LogP contribution < -0.4 is 15.2 Å². The molecule has 0 radical (unpaired) electrons. The predicted octanol–water partition coefficient (Wildman–Crippen LogP) is 2.29. The minimum atomic E-state index is -1.62. The lowest BCUT2D eigenvalue weighted by atomic mass is 9.88. The van der Waals surface area contributed by atoms with Crippen LogP contribution >= 0.6 is 11.3 Å². The van der Waals surface area contributed by atoms with Gasteiger partial charge in [-0.25, -0.2) is 13.8 Å². The summed E-state index contributed by atoms with van der Waals surface area (Å²) < 4.78 is 34.7. The van der Waals surface area contributed by atoms with E-state index in [0.717, 1.165) is 0 Å². The van der Waals surface area contributed by atoms with E-state index in [1.807, 2.05) is 0 Å². The van der Waals surface area contributed by atoms with Gasteiger partial charge in [0.25, 0.3) is 5.56 Å². The lowest BCUT2D eigenvalue weighted by Crippen LogP contribution is -2.57. The summed E-state index contributed by atoms with van der Waals surface area (Å²) in [6.45, 7) is 1.86. The highest BCUT2D eigenvalue weighted by atomic mass is 32.1. The Hall–Kier alpha value is -2.55. The van der Waals surface area contributed by atoms with Crippen LogP contribution in [0, 0.1) is 12.7 Å². The summed E-state index contributed by atoms with van der Waals surface area (Å²) in [6, 6.07) is 5.39. The van der Waals surface area contributed by atoms with Gasteiger partial charge < -0.3 is 9.64 Å². The number of hydrogen-bond acceptors (Lipinski definition) is 6. The van der Waals surface area contributed by atoms with E-state index in [1.54, 1.807) is 11.8 Å². The molecule has 25 heavy (non-hydrogen) atoms. The SMILES string of the molecule is COc1cc(C2(F)CN(c3nn4c(=O)cc(C)nc4s3)C2)ccc1F. The Morgan fingerprint density at radius 1 is 1.32 bits per heavy atom. The molecule has 1 aliphatic heterocycles. The second-order valence-corrected chi connectivity index (χ2v) is 6.92. The van der Waals surface area contributed by atoms with Crippen molar-refractivity contribution in [3.63, 3.8) is 0 Å². The van der Waals surface area contributed by atoms with Gasteiger partial charge in [0.15, 0.2) is 17.2 Å². The second-order valence-electron chi connectivity index (χ2n) is 5.99. The summed E-state index contributed by atoms with van der Waals surface area (Å²) in [6.07, 6.45) is 0. The van der Waals surface area contributed by atoms with Crippen LogP contribution in [0.15, 0.2) is 29.1 Å². The summed E-state index contributed by atoms with van der Waals surface area (Å²) in [5.74, 6) is -0.516. The number of alkyl halides is 1. The number of fused-ring (bicyclic) bond motifs is 1. The number of nitrogens with zero attached hydrogens (tertiary/aromatic N) is 4. The minimum Gasteiger partial charge on any atom is -0.494 e. The van der Waals surface area contributed by atoms with Gasteiger partial charge in [-0.15, -0.1) is 5.10 Å². The first kappa shape index (κ1) is 15.9. The number of benzene rings is 1. The molecule has 2 aromatic heterocycles. The molecule has 4 rings (SSSR count). The largest absolute Gasteiger partial charge is 0.494 e. The Kier molecular flexibility index (Phi) is 3.50. The van der Waals surface area contributed by atoms with E-state index in [1.165, 1.54) is 47.2 Å². The minimum absolute atomic E-state index is 0.0131. The van der Waals surface area contributed by atoms with Gasteiger partial charge in [-0.3, -0.25) is 4.79 Å². The quantitative estimate of drug-likeness (QED) is 0.714. The fourth-order valence-electron chi connectivity index (χ4n) is 2.85. The summed E-state index contributed by atoms with van der Waals surface area (Å²) in [7, 11) is 1.34. The van der Waals surface area contributed by atoms with E-state index < -0.39 is 11.5 Å². The maximum Gasteiger partial charge on any atom is 0.275 e. The van der Waals surface area contributed by atoms with Gasteiger partial charge in [0.1, 0.15) is 0 Å². The van der Waals surface area contributed by atoms with Crippen LogP contribution in [0.4, 0.5) is 13.9 Å². The molecule has 6 nitrogen and oxygen atoms in total. The number of hydrogen-bond donors (Lipinski definition) is 0. The second kappa shape index (κ2) is 5.48. The van der Waals surface area contributed by atoms with Crippen molar-refractivity contribution in [1.29, 1.82) is 0 Å². The summed E-state index contributed by atoms with van der Waals surface area (Å²) in [4.78, 5) is 18.4. The maximum atomic E-state index is 15.1. The molecular formula is C16H14F2N4O2S. The van der Waals surface area contributed by atoms with Crippen molar-refractivity contribution in [1.82, 2.24) is 14.6 Å². The van der Waals surface area contributed by atoms with Gasteiger partial charge in [-0.2, -0.15) is 4.52 Å². The molecule has 130 valence electrons. The van der Waals surface area contributed by atoms with Gasteiger partial charge >= 0.3 is 0 Å². The van der Waals surface area contributed by atoms with E-state index in [0.29, 0.717) is 21.3 Å². The van der Waals surface area contributed by atoms with Gasteiger partial charge in [0, 0.05) is 11.8 Å². The lowest BCUT2D eigenvalue weighted by Gasteiger charge is -2.44. The maximum absolute atomic E-state index is 15.1. The third-order valence-corrected chi connectivity index (χ3v) is 5.15. The Bertz CT molecular complexity index is 1030. The highest BCUT2D eigenvalue weighted by molar-refractivity contribution is 7.20. The molecule has 0 unspecified atom stereocenters. The molecule has 1 aromatic carbocycles. The monoisotopic (exact) mass is 364 g/mol. The fraction of sp³-hybridized carbons (Fsp3) is 0.312. The van der Waals surface area contributed by atoms with E-state index in [-0.39, 0.29) is 24.4 Å². The molecule has 1 fully saturated rings. The Labute approximate surface area is 145 Å². The zero-order chi connectivity index (χ0) is 17.8. The summed E-state index contributed by atoms with van der Waals surface area (Å²) in [5, 5.41) is 4.74. The molecule has 1 aliphatic rings. The average Bonchev–Trinajstić information content (AvgIpc) is 2.96. The molecule has 0 saturated carbocycles. The lowest BCUT2D eigenvalue weighted by molar-refractivity contribution is 0.119. The van der Waals surface area contributed by atoms with E-state index >= 15 is 4.39 Å². The number of methoxy groups -OCH3 is 1. The average molecular weight is 364 g/mol. The first-order chi connectivity index (χ1) is 11.9. The normalized spacial score (nSPS) is 16.1. The van der Waals surface area contributed by atoms with Crippen LogP contribution in [0.5, 0.6) is 5.75 Å². The zero-order valence-electron chi connectivity index (χ0n) is 13.5. The molecular weight excluding hydrogens is 350 g/mol. The molecule has 0 spiro atoms. The number of anilines is 1. The van der Waals surface area contributed by atoms with Crippen LogP contribution in [0.2, 0.25) is 0 Å². The van der Waals surface area contributed by atoms with E-state index in [2.05, 4.69) is 10.1 Å². The number of halogens is 2. The molecule has 3 aromatic rings. The van der Waals surface area contributed by atoms with Crippen LogP contribution in [0.3, 0.4) is 0 Å². The van der Waals surface area contributed by atoms with Gasteiger partial charge in [0.2, 0.25) is 10.1 Å². The molecule has 1 saturated heterocycles. The van der Waals surface area contributed by atoms with Gasteiger partial charge in [-0.05, 0) is 24.6 Å². The highest BCUT2D eigenvalue weighted by Gasteiger charge is 2.46. The van der Waals surface area contributed by atoms with Crippen molar-refractivity contribution in [3.8, 4) is 5.75 Å². The van der Waals surface area contributed by atoms with Crippen molar-refractivity contribution < 1.29 is 13.5 Å². The van der Waals surface area contributed by atoms with Crippen LogP contribution in [0.1, 0.15) is 11.3 Å². The van der Waals surface area contributed by atoms with Gasteiger partial charge in [0.05, 0.1) is 20.2 Å². The Balaban J connectivity index is 1.61. The molecule has 0 amide bonds. The highest BCUT2D eigenvalue weighted by Crippen LogP contribution is 2.41. The van der Waals surface area contributed by atoms with E-state index in [4.69, 9.17) is 4.74 Å². The first-order valence-corrected chi connectivity index (χ1v) is 8.37. The van der Waals surface area contributed by atoms with Crippen molar-refractivity contribution in [2.45, 2.75) is 12.6 Å². The van der Waals surface area contributed by atoms with Crippen molar-refractivity contribution >= 4 is 21.4 Å². The predicted molar refractivity (Wildman–Crippen MR) is 89.8 cm³/mol. The number of aromatic nitrogens is 3. The first-order valence-electron chi connectivity index (χ1n) is 7.55. The molecule has 0 bridgehead atoms. The number of rotatable bonds is 3. The molecule has 0 aliphatic carbocycles. The fourth-order valence-corrected chi connectivity index (χ4v) is 3.80. The third kappa shape index (κ3) is 2.55. The molecule has 0 N–H and O–H groups in total. The Morgan fingerprint density at radius 2 is 2.08 bits per heavy atom. The van der Waals surface area contributed by atoms with Crippen LogP contribution in [-0.4, -0.2) is 34.8 Å². The molecule has 0 atom stereocenters. The van der Waals surface area contributed by atoms with Crippen molar-refractivity contribution in [2.24, 2.45) is 0 Å². The standard InChI is InChI=1S/C16H14F2N4O2S/c1-9-5-13(23)22-14(19-9)25-15(20-22)21-7-16(18,8-21)10-3-4-11(17)12(6-10)24-2/h3-6H,7-8H2,1-2H3. The van der Waals surface area contributed by atoms with Crippen LogP contribution in [-0.2, 0) is 5.67 Å². The van der Waals surface area contributed by atoms with Crippen LogP contribution in [0.25, 0.3) is 4.96 Å². The summed E-state index contributed by atoms with van der Waals surface area (Å²) in [5.41, 5.74) is -0.913. The summed E-state index contributed by atoms with van der Waals surface area (Å²) >= 11 is 1.23. The number of ether oxygens (including phenoxy) is 1. The third-order valence-electron chi connectivity index (χ3n) is 4.18. The zero-order valence-corrected chi connectivity index (χ0v) is 14.3. The topological polar surface area (TPSA) is 59.7 Å². The van der Waals surface area contributed by atoms with Gasteiger partial charge in [-0.1, -0.05) is 17.4 Å². The van der Waals surface area contributed by atoms with Crippen molar-refractivity contribution in [2.75, 3.05) is 25.1 Å². The van der Waals surface area contributed by atoms with E-state index in [9.17, 15) is 9.18 Å². The Morgan fingerprint density at radius 3 is 2.80 bits per heavy atom.